The lowest BCUT2D eigenvalue weighted by molar-refractivity contribution is -0.133. The number of urea groups is 1. The van der Waals surface area contributed by atoms with E-state index in [1.54, 1.807) is 6.20 Å². The van der Waals surface area contributed by atoms with Crippen LogP contribution in [-0.2, 0) is 11.2 Å². The molecule has 37 heavy (non-hydrogen) atoms. The van der Waals surface area contributed by atoms with Crippen molar-refractivity contribution in [1.82, 2.24) is 9.80 Å². The lowest BCUT2D eigenvalue weighted by atomic mass is 9.76. The number of primary amides is 1. The molecule has 1 aliphatic carbocycles. The van der Waals surface area contributed by atoms with Gasteiger partial charge < -0.3 is 15.5 Å². The molecule has 9 heteroatoms. The predicted octanol–water partition coefficient (Wildman–Crippen LogP) is 6.45. The van der Waals surface area contributed by atoms with Crippen molar-refractivity contribution in [3.8, 4) is 0 Å². The molecular formula is C28H29Br2ClN4O2. The molecular weight excluding hydrogens is 620 g/mol. The van der Waals surface area contributed by atoms with Gasteiger partial charge in [0.15, 0.2) is 0 Å². The third-order valence-corrected chi connectivity index (χ3v) is 9.15. The van der Waals surface area contributed by atoms with Gasteiger partial charge in [-0.3, -0.25) is 9.79 Å². The van der Waals surface area contributed by atoms with Gasteiger partial charge >= 0.3 is 6.03 Å². The predicted molar refractivity (Wildman–Crippen MR) is 154 cm³/mol. The molecule has 0 aromatic heterocycles. The molecule has 0 radical (unpaired) electrons. The van der Waals surface area contributed by atoms with E-state index >= 15 is 0 Å². The zero-order valence-corrected chi connectivity index (χ0v) is 24.4. The maximum atomic E-state index is 13.1. The van der Waals surface area contributed by atoms with Crippen molar-refractivity contribution in [2.75, 3.05) is 19.6 Å². The molecule has 2 atom stereocenters. The summed E-state index contributed by atoms with van der Waals surface area (Å²) in [4.78, 5) is 32.9. The summed E-state index contributed by atoms with van der Waals surface area (Å²) in [5.41, 5.74) is 13.5. The van der Waals surface area contributed by atoms with Gasteiger partial charge in [0.2, 0.25) is 5.91 Å². The van der Waals surface area contributed by atoms with Crippen molar-refractivity contribution >= 4 is 61.6 Å². The van der Waals surface area contributed by atoms with E-state index in [0.29, 0.717) is 18.9 Å². The highest BCUT2D eigenvalue weighted by molar-refractivity contribution is 9.12. The average molecular weight is 649 g/mol. The lowest BCUT2D eigenvalue weighted by Gasteiger charge is -2.38. The average Bonchev–Trinajstić information content (AvgIpc) is 3.15. The molecule has 3 heterocycles. The standard InChI is InChI=1S/C28H29Br2ClN4O2/c29-21-4-3-19-1-2-20-14-22(31)15-23(30)25(20)26(27(19)33-16-21)18-7-11-34(12-8-18)24(36)13-17-5-9-35(10-6-17)28(32)37/h3,5,9,14-18,26H,1-2,6-8,10-13H2,(H2,32,37). The Labute approximate surface area is 239 Å². The fourth-order valence-electron chi connectivity index (χ4n) is 5.91. The van der Waals surface area contributed by atoms with Crippen molar-refractivity contribution in [1.29, 1.82) is 0 Å². The van der Waals surface area contributed by atoms with Gasteiger partial charge in [0.1, 0.15) is 0 Å². The first kappa shape index (κ1) is 26.5. The Kier molecular flexibility index (Phi) is 8.10. The second kappa shape index (κ2) is 11.3. The van der Waals surface area contributed by atoms with Gasteiger partial charge in [-0.05, 0) is 94.8 Å². The van der Waals surface area contributed by atoms with Gasteiger partial charge in [0.25, 0.3) is 0 Å². The number of nitrogens with zero attached hydrogens (tertiary/aromatic N) is 3. The molecule has 3 aliphatic heterocycles. The Balaban J connectivity index is 1.34. The van der Waals surface area contributed by atoms with E-state index in [-0.39, 0.29) is 17.7 Å². The Hall–Kier alpha value is -2.12. The smallest absolute Gasteiger partial charge is 0.318 e. The number of halogens is 3. The molecule has 1 saturated heterocycles. The first-order valence-electron chi connectivity index (χ1n) is 12.7. The number of aliphatic imine (C=N–C) groups is 1. The first-order valence-corrected chi connectivity index (χ1v) is 14.7. The van der Waals surface area contributed by atoms with Crippen LogP contribution < -0.4 is 5.73 Å². The lowest BCUT2D eigenvalue weighted by Crippen LogP contribution is -2.41. The highest BCUT2D eigenvalue weighted by Gasteiger charge is 2.37. The normalized spacial score (nSPS) is 23.8. The Bertz CT molecular complexity index is 1270. The number of hydrogen-bond acceptors (Lipinski definition) is 3. The second-order valence-corrected chi connectivity index (χ2v) is 12.2. The monoisotopic (exact) mass is 646 g/mol. The zero-order chi connectivity index (χ0) is 26.1. The molecule has 1 aromatic rings. The fourth-order valence-corrected chi connectivity index (χ4v) is 7.24. The van der Waals surface area contributed by atoms with Crippen molar-refractivity contribution in [3.63, 3.8) is 0 Å². The van der Waals surface area contributed by atoms with Gasteiger partial charge in [-0.15, -0.1) is 5.73 Å². The van der Waals surface area contributed by atoms with Gasteiger partial charge in [0, 0.05) is 53.9 Å². The Morgan fingerprint density at radius 1 is 1.14 bits per heavy atom. The summed E-state index contributed by atoms with van der Waals surface area (Å²) in [6.07, 6.45) is 12.4. The summed E-state index contributed by atoms with van der Waals surface area (Å²) in [5.74, 6) is 0.786. The number of carbonyl (C=O) groups excluding carboxylic acids is 2. The van der Waals surface area contributed by atoms with Gasteiger partial charge in [-0.25, -0.2) is 4.79 Å². The van der Waals surface area contributed by atoms with E-state index in [0.717, 1.165) is 64.9 Å². The summed E-state index contributed by atoms with van der Waals surface area (Å²) in [5, 5.41) is 0.735. The number of hydrogen-bond donors (Lipinski definition) is 1. The SMILES string of the molecule is NC(=O)N1C=CC(CC(=O)N2CCC(C3C4=C(C=C=C(Br)C=N4)CCc4cc(Cl)cc(Br)c43)CC2)CC1. The molecule has 194 valence electrons. The topological polar surface area (TPSA) is 79.0 Å². The van der Waals surface area contributed by atoms with Crippen LogP contribution in [0.5, 0.6) is 0 Å². The number of allylic oxidation sites excluding steroid dienone is 4. The third-order valence-electron chi connectivity index (χ3n) is 7.84. The number of benzene rings is 1. The van der Waals surface area contributed by atoms with Crippen LogP contribution in [0.15, 0.2) is 61.4 Å². The van der Waals surface area contributed by atoms with E-state index in [2.05, 4.69) is 49.7 Å². The maximum absolute atomic E-state index is 13.1. The van der Waals surface area contributed by atoms with Crippen LogP contribution in [0.3, 0.4) is 0 Å². The molecule has 6 nitrogen and oxygen atoms in total. The van der Waals surface area contributed by atoms with Crippen LogP contribution >= 0.6 is 43.5 Å². The van der Waals surface area contributed by atoms with E-state index < -0.39 is 6.03 Å². The number of fused-ring (bicyclic) bond motifs is 1. The molecule has 2 unspecified atom stereocenters. The quantitative estimate of drug-likeness (QED) is 0.383. The summed E-state index contributed by atoms with van der Waals surface area (Å²) < 4.78 is 1.86. The molecule has 0 saturated carbocycles. The fraction of sp³-hybridized carbons (Fsp3) is 0.429. The minimum Gasteiger partial charge on any atom is -0.351 e. The molecule has 3 amide bonds. The van der Waals surface area contributed by atoms with Crippen LogP contribution in [0.4, 0.5) is 4.79 Å². The summed E-state index contributed by atoms with van der Waals surface area (Å²) in [6.45, 7) is 2.02. The number of likely N-dealkylation sites (tertiary alicyclic amines) is 1. The largest absolute Gasteiger partial charge is 0.351 e. The maximum Gasteiger partial charge on any atom is 0.318 e. The molecule has 1 aromatic carbocycles. The van der Waals surface area contributed by atoms with Crippen LogP contribution in [0, 0.1) is 11.8 Å². The van der Waals surface area contributed by atoms with Crippen molar-refractivity contribution in [2.24, 2.45) is 22.6 Å². The van der Waals surface area contributed by atoms with Gasteiger partial charge in [-0.1, -0.05) is 33.6 Å². The second-order valence-electron chi connectivity index (χ2n) is 10.1. The minimum atomic E-state index is -0.452. The highest BCUT2D eigenvalue weighted by Crippen LogP contribution is 2.48. The van der Waals surface area contributed by atoms with Gasteiger partial charge in [0.05, 0.1) is 10.2 Å². The highest BCUT2D eigenvalue weighted by atomic mass is 79.9. The third kappa shape index (κ3) is 5.83. The Morgan fingerprint density at radius 3 is 2.62 bits per heavy atom. The minimum absolute atomic E-state index is 0.116. The van der Waals surface area contributed by atoms with Crippen LogP contribution in [-0.4, -0.2) is 47.6 Å². The van der Waals surface area contributed by atoms with Crippen LogP contribution in [0.2, 0.25) is 5.02 Å². The first-order chi connectivity index (χ1) is 17.8. The van der Waals surface area contributed by atoms with E-state index in [9.17, 15) is 9.59 Å². The number of nitrogens with two attached hydrogens (primary N) is 1. The van der Waals surface area contributed by atoms with Crippen molar-refractivity contribution in [2.45, 2.75) is 44.4 Å². The molecule has 2 N–H and O–H groups in total. The number of aryl methyl sites for hydroxylation is 1. The van der Waals surface area contributed by atoms with Crippen molar-refractivity contribution < 1.29 is 9.59 Å². The Morgan fingerprint density at radius 2 is 1.92 bits per heavy atom. The van der Waals surface area contributed by atoms with E-state index in [1.807, 2.05) is 23.3 Å². The number of amides is 3. The van der Waals surface area contributed by atoms with Gasteiger partial charge in [-0.2, -0.15) is 0 Å². The summed E-state index contributed by atoms with van der Waals surface area (Å²) in [7, 11) is 0. The molecule has 0 bridgehead atoms. The van der Waals surface area contributed by atoms with Crippen LogP contribution in [0.25, 0.3) is 0 Å². The van der Waals surface area contributed by atoms with E-state index in [4.69, 9.17) is 22.3 Å². The number of rotatable bonds is 3. The summed E-state index contributed by atoms with van der Waals surface area (Å²) >= 11 is 13.8. The van der Waals surface area contributed by atoms with E-state index in [1.165, 1.54) is 21.6 Å². The number of carbonyl (C=O) groups is 2. The summed E-state index contributed by atoms with van der Waals surface area (Å²) in [6, 6.07) is 3.63. The number of piperidine rings is 1. The zero-order valence-electron chi connectivity index (χ0n) is 20.4. The molecule has 0 spiro atoms. The molecule has 1 fully saturated rings. The van der Waals surface area contributed by atoms with Crippen LogP contribution in [0.1, 0.15) is 49.1 Å². The molecule has 5 rings (SSSR count). The molecule has 4 aliphatic rings. The van der Waals surface area contributed by atoms with Crippen molar-refractivity contribution in [3.05, 3.63) is 72.6 Å².